The van der Waals surface area contributed by atoms with Crippen molar-refractivity contribution in [2.45, 2.75) is 26.8 Å². The van der Waals surface area contributed by atoms with Crippen LogP contribution in [0.3, 0.4) is 0 Å². The third-order valence-electron chi connectivity index (χ3n) is 4.28. The summed E-state index contributed by atoms with van der Waals surface area (Å²) < 4.78 is 25.6. The topological polar surface area (TPSA) is 89.0 Å². The second-order valence-corrected chi connectivity index (χ2v) is 8.04. The van der Waals surface area contributed by atoms with Gasteiger partial charge in [0.05, 0.1) is 29.1 Å². The summed E-state index contributed by atoms with van der Waals surface area (Å²) in [4.78, 5) is 25.0. The SMILES string of the molecule is CCOc1c(I)cc(/C=N/NC(=O)C(NC(=O)c2ccccc2F)C(C)C)cc1OC. The maximum atomic E-state index is 13.8. The number of benzene rings is 2. The van der Waals surface area contributed by atoms with E-state index in [-0.39, 0.29) is 11.5 Å². The van der Waals surface area contributed by atoms with E-state index in [2.05, 4.69) is 38.4 Å². The molecular weight excluding hydrogens is 516 g/mol. The Morgan fingerprint density at radius 1 is 1.26 bits per heavy atom. The van der Waals surface area contributed by atoms with Crippen molar-refractivity contribution >= 4 is 40.6 Å². The van der Waals surface area contributed by atoms with Gasteiger partial charge < -0.3 is 14.8 Å². The summed E-state index contributed by atoms with van der Waals surface area (Å²) >= 11 is 2.13. The van der Waals surface area contributed by atoms with Gasteiger partial charge in [0.15, 0.2) is 11.5 Å². The minimum Gasteiger partial charge on any atom is -0.493 e. The Hall–Kier alpha value is -2.69. The molecule has 2 N–H and O–H groups in total. The molecule has 1 atom stereocenters. The van der Waals surface area contributed by atoms with Crippen LogP contribution in [0.5, 0.6) is 11.5 Å². The maximum Gasteiger partial charge on any atom is 0.262 e. The summed E-state index contributed by atoms with van der Waals surface area (Å²) in [5.41, 5.74) is 3.00. The van der Waals surface area contributed by atoms with Crippen LogP contribution in [0, 0.1) is 15.3 Å². The number of methoxy groups -OCH3 is 1. The van der Waals surface area contributed by atoms with Gasteiger partial charge in [-0.25, -0.2) is 9.82 Å². The quantitative estimate of drug-likeness (QED) is 0.288. The normalized spacial score (nSPS) is 12.0. The molecule has 0 heterocycles. The first-order valence-electron chi connectivity index (χ1n) is 9.67. The van der Waals surface area contributed by atoms with Crippen molar-refractivity contribution < 1.29 is 23.5 Å². The summed E-state index contributed by atoms with van der Waals surface area (Å²) in [7, 11) is 1.54. The Morgan fingerprint density at radius 3 is 2.58 bits per heavy atom. The number of nitrogens with zero attached hydrogens (tertiary/aromatic N) is 1. The lowest BCUT2D eigenvalue weighted by Gasteiger charge is -2.20. The molecule has 2 aromatic rings. The highest BCUT2D eigenvalue weighted by Gasteiger charge is 2.25. The molecule has 0 aliphatic rings. The fraction of sp³-hybridized carbons (Fsp3) is 0.318. The summed E-state index contributed by atoms with van der Waals surface area (Å²) in [6.07, 6.45) is 1.47. The molecule has 0 spiro atoms. The van der Waals surface area contributed by atoms with Gasteiger partial charge in [-0.1, -0.05) is 26.0 Å². The van der Waals surface area contributed by atoms with Crippen LogP contribution < -0.4 is 20.2 Å². The van der Waals surface area contributed by atoms with Crippen LogP contribution >= 0.6 is 22.6 Å². The van der Waals surface area contributed by atoms with Gasteiger partial charge in [0.2, 0.25) is 0 Å². The van der Waals surface area contributed by atoms with E-state index in [0.29, 0.717) is 23.7 Å². The van der Waals surface area contributed by atoms with Crippen molar-refractivity contribution in [3.63, 3.8) is 0 Å². The smallest absolute Gasteiger partial charge is 0.262 e. The van der Waals surface area contributed by atoms with Crippen LogP contribution in [-0.4, -0.2) is 37.8 Å². The number of halogens is 2. The van der Waals surface area contributed by atoms with Crippen LogP contribution in [0.25, 0.3) is 0 Å². The average molecular weight is 541 g/mol. The van der Waals surface area contributed by atoms with Crippen molar-refractivity contribution in [2.24, 2.45) is 11.0 Å². The molecule has 0 radical (unpaired) electrons. The number of carbonyl (C=O) groups is 2. The Bertz CT molecular complexity index is 966. The van der Waals surface area contributed by atoms with E-state index >= 15 is 0 Å². The second kappa shape index (κ2) is 11.6. The molecule has 7 nitrogen and oxygen atoms in total. The first-order chi connectivity index (χ1) is 14.8. The van der Waals surface area contributed by atoms with Crippen LogP contribution in [0.2, 0.25) is 0 Å². The van der Waals surface area contributed by atoms with E-state index < -0.39 is 23.7 Å². The largest absolute Gasteiger partial charge is 0.493 e. The van der Waals surface area contributed by atoms with Crippen molar-refractivity contribution in [3.8, 4) is 11.5 Å². The van der Waals surface area contributed by atoms with E-state index in [1.54, 1.807) is 33.1 Å². The molecule has 0 aliphatic carbocycles. The Balaban J connectivity index is 2.10. The fourth-order valence-electron chi connectivity index (χ4n) is 2.74. The molecule has 0 bridgehead atoms. The lowest BCUT2D eigenvalue weighted by atomic mass is 10.0. The third-order valence-corrected chi connectivity index (χ3v) is 5.08. The zero-order valence-electron chi connectivity index (χ0n) is 17.7. The highest BCUT2D eigenvalue weighted by molar-refractivity contribution is 14.1. The zero-order chi connectivity index (χ0) is 23.0. The summed E-state index contributed by atoms with van der Waals surface area (Å²) in [6.45, 7) is 5.94. The molecule has 0 saturated carbocycles. The average Bonchev–Trinajstić information content (AvgIpc) is 2.73. The Kier molecular flexibility index (Phi) is 9.22. The highest BCUT2D eigenvalue weighted by atomic mass is 127. The highest BCUT2D eigenvalue weighted by Crippen LogP contribution is 2.33. The molecule has 0 fully saturated rings. The molecule has 9 heteroatoms. The third kappa shape index (κ3) is 6.65. The van der Waals surface area contributed by atoms with Gasteiger partial charge in [0, 0.05) is 0 Å². The van der Waals surface area contributed by atoms with E-state index in [1.807, 2.05) is 13.0 Å². The minimum atomic E-state index is -0.890. The molecule has 0 aliphatic heterocycles. The lowest BCUT2D eigenvalue weighted by molar-refractivity contribution is -0.123. The Labute approximate surface area is 194 Å². The number of nitrogens with one attached hydrogen (secondary N) is 2. The Morgan fingerprint density at radius 2 is 1.97 bits per heavy atom. The van der Waals surface area contributed by atoms with Gasteiger partial charge in [-0.15, -0.1) is 0 Å². The summed E-state index contributed by atoms with van der Waals surface area (Å²) in [5.74, 6) is -0.871. The summed E-state index contributed by atoms with van der Waals surface area (Å²) in [5, 5.41) is 6.55. The molecule has 2 aromatic carbocycles. The fourth-order valence-corrected chi connectivity index (χ4v) is 3.52. The molecule has 0 aromatic heterocycles. The molecular formula is C22H25FIN3O4. The first kappa shape index (κ1) is 24.6. The minimum absolute atomic E-state index is 0.125. The van der Waals surface area contributed by atoms with E-state index in [0.717, 1.165) is 3.57 Å². The van der Waals surface area contributed by atoms with Gasteiger partial charge in [0.1, 0.15) is 11.9 Å². The molecule has 1 unspecified atom stereocenters. The van der Waals surface area contributed by atoms with Crippen LogP contribution in [0.4, 0.5) is 4.39 Å². The van der Waals surface area contributed by atoms with E-state index in [4.69, 9.17) is 9.47 Å². The number of rotatable bonds is 9. The molecule has 166 valence electrons. The maximum absolute atomic E-state index is 13.8. The number of amides is 2. The number of hydrogen-bond donors (Lipinski definition) is 2. The van der Waals surface area contributed by atoms with Crippen molar-refractivity contribution in [2.75, 3.05) is 13.7 Å². The molecule has 2 rings (SSSR count). The predicted molar refractivity (Wildman–Crippen MR) is 125 cm³/mol. The lowest BCUT2D eigenvalue weighted by Crippen LogP contribution is -2.48. The van der Waals surface area contributed by atoms with Crippen molar-refractivity contribution in [1.29, 1.82) is 0 Å². The number of ether oxygens (including phenoxy) is 2. The monoisotopic (exact) mass is 541 g/mol. The van der Waals surface area contributed by atoms with Gasteiger partial charge in [-0.3, -0.25) is 9.59 Å². The number of hydrogen-bond acceptors (Lipinski definition) is 5. The number of hydrazone groups is 1. The molecule has 2 amide bonds. The van der Waals surface area contributed by atoms with Gasteiger partial charge in [0.25, 0.3) is 11.8 Å². The number of carbonyl (C=O) groups excluding carboxylic acids is 2. The van der Waals surface area contributed by atoms with E-state index in [9.17, 15) is 14.0 Å². The second-order valence-electron chi connectivity index (χ2n) is 6.88. The standard InChI is InChI=1S/C22H25FIN3O4/c1-5-31-20-17(24)10-14(11-18(20)30-4)12-25-27-22(29)19(13(2)3)26-21(28)15-8-6-7-9-16(15)23/h6-13,19H,5H2,1-4H3,(H,26,28)(H,27,29)/b25-12+. The van der Waals surface area contributed by atoms with Gasteiger partial charge in [-0.2, -0.15) is 5.10 Å². The summed E-state index contributed by atoms with van der Waals surface area (Å²) in [6, 6.07) is 8.28. The van der Waals surface area contributed by atoms with Gasteiger partial charge >= 0.3 is 0 Å². The van der Waals surface area contributed by atoms with Crippen LogP contribution in [0.15, 0.2) is 41.5 Å². The van der Waals surface area contributed by atoms with Crippen LogP contribution in [0.1, 0.15) is 36.7 Å². The van der Waals surface area contributed by atoms with Crippen molar-refractivity contribution in [1.82, 2.24) is 10.7 Å². The zero-order valence-corrected chi connectivity index (χ0v) is 19.9. The van der Waals surface area contributed by atoms with Gasteiger partial charge in [-0.05, 0) is 65.3 Å². The first-order valence-corrected chi connectivity index (χ1v) is 10.7. The van der Waals surface area contributed by atoms with Crippen molar-refractivity contribution in [3.05, 3.63) is 56.9 Å². The van der Waals surface area contributed by atoms with E-state index in [1.165, 1.54) is 24.4 Å². The molecule has 31 heavy (non-hydrogen) atoms. The molecule has 0 saturated heterocycles. The van der Waals surface area contributed by atoms with Crippen LogP contribution in [-0.2, 0) is 4.79 Å². The predicted octanol–water partition coefficient (Wildman–Crippen LogP) is 3.74.